The maximum Gasteiger partial charge on any atom is 0.252 e. The van der Waals surface area contributed by atoms with E-state index in [1.807, 2.05) is 0 Å². The Bertz CT molecular complexity index is 785. The highest BCUT2D eigenvalue weighted by Gasteiger charge is 2.38. The Kier molecular flexibility index (Phi) is 6.61. The molecule has 0 unspecified atom stereocenters. The second-order valence-corrected chi connectivity index (χ2v) is 10.1. The number of rotatable bonds is 5. The van der Waals surface area contributed by atoms with Crippen molar-refractivity contribution in [2.45, 2.75) is 61.8 Å². The number of carbonyl (C=O) groups excluding carboxylic acids is 1. The first-order chi connectivity index (χ1) is 12.8. The van der Waals surface area contributed by atoms with Crippen molar-refractivity contribution in [1.82, 2.24) is 10.2 Å². The molecular weight excluding hydrogens is 430 g/mol. The van der Waals surface area contributed by atoms with Crippen LogP contribution in [-0.2, 0) is 10.0 Å². The smallest absolute Gasteiger partial charge is 0.252 e. The van der Waals surface area contributed by atoms with E-state index in [2.05, 4.69) is 26.1 Å². The van der Waals surface area contributed by atoms with Crippen molar-refractivity contribution >= 4 is 31.9 Å². The molecule has 1 aliphatic carbocycles. The van der Waals surface area contributed by atoms with Crippen LogP contribution >= 0.6 is 15.9 Å². The SMILES string of the molecule is NS(=O)(=O)c1ccc(Br)c(C(=O)NCC2(N3CCCCC3)CCCCC2)c1. The van der Waals surface area contributed by atoms with Crippen LogP contribution in [0, 0.1) is 0 Å². The third-order valence-electron chi connectivity index (χ3n) is 5.90. The van der Waals surface area contributed by atoms with Crippen molar-refractivity contribution in [3.05, 3.63) is 28.2 Å². The Hall–Kier alpha value is -0.960. The fraction of sp³-hybridized carbons (Fsp3) is 0.632. The van der Waals surface area contributed by atoms with Crippen LogP contribution in [0.5, 0.6) is 0 Å². The second-order valence-electron chi connectivity index (χ2n) is 7.70. The Balaban J connectivity index is 1.76. The lowest BCUT2D eigenvalue weighted by molar-refractivity contribution is 0.0326. The van der Waals surface area contributed by atoms with Crippen LogP contribution in [-0.4, -0.2) is 44.4 Å². The topological polar surface area (TPSA) is 92.5 Å². The van der Waals surface area contributed by atoms with Gasteiger partial charge in [-0.05, 0) is 72.9 Å². The van der Waals surface area contributed by atoms with Gasteiger partial charge in [-0.3, -0.25) is 9.69 Å². The van der Waals surface area contributed by atoms with E-state index < -0.39 is 10.0 Å². The Labute approximate surface area is 170 Å². The van der Waals surface area contributed by atoms with Gasteiger partial charge in [0.2, 0.25) is 10.0 Å². The van der Waals surface area contributed by atoms with Crippen molar-refractivity contribution in [1.29, 1.82) is 0 Å². The number of halogens is 1. The van der Waals surface area contributed by atoms with E-state index in [4.69, 9.17) is 5.14 Å². The third kappa shape index (κ3) is 4.91. The molecule has 3 rings (SSSR count). The normalized spacial score (nSPS) is 21.0. The predicted molar refractivity (Wildman–Crippen MR) is 109 cm³/mol. The second kappa shape index (κ2) is 8.59. The molecule has 1 saturated heterocycles. The van der Waals surface area contributed by atoms with Gasteiger partial charge in [0.05, 0.1) is 10.5 Å². The molecule has 0 atom stereocenters. The summed E-state index contributed by atoms with van der Waals surface area (Å²) < 4.78 is 23.8. The zero-order valence-electron chi connectivity index (χ0n) is 15.5. The Morgan fingerprint density at radius 3 is 2.37 bits per heavy atom. The summed E-state index contributed by atoms with van der Waals surface area (Å²) in [5, 5.41) is 8.28. The number of piperidine rings is 1. The molecule has 1 heterocycles. The van der Waals surface area contributed by atoms with E-state index in [9.17, 15) is 13.2 Å². The van der Waals surface area contributed by atoms with Crippen LogP contribution < -0.4 is 10.5 Å². The van der Waals surface area contributed by atoms with Gasteiger partial charge in [0.25, 0.3) is 5.91 Å². The monoisotopic (exact) mass is 457 g/mol. The molecule has 0 spiro atoms. The minimum atomic E-state index is -3.85. The van der Waals surface area contributed by atoms with Crippen molar-refractivity contribution < 1.29 is 13.2 Å². The predicted octanol–water partition coefficient (Wildman–Crippen LogP) is 3.02. The summed E-state index contributed by atoms with van der Waals surface area (Å²) >= 11 is 3.35. The van der Waals surface area contributed by atoms with Crippen LogP contribution in [0.15, 0.2) is 27.6 Å². The molecule has 1 aliphatic heterocycles. The molecule has 6 nitrogen and oxygen atoms in total. The molecule has 150 valence electrons. The van der Waals surface area contributed by atoms with Crippen molar-refractivity contribution in [3.8, 4) is 0 Å². The average molecular weight is 458 g/mol. The van der Waals surface area contributed by atoms with Crippen LogP contribution in [0.4, 0.5) is 0 Å². The van der Waals surface area contributed by atoms with E-state index in [-0.39, 0.29) is 16.3 Å². The molecule has 2 aliphatic rings. The number of sulfonamides is 1. The lowest BCUT2D eigenvalue weighted by Gasteiger charge is -2.48. The lowest BCUT2D eigenvalue weighted by Crippen LogP contribution is -2.58. The first kappa shape index (κ1) is 20.8. The maximum atomic E-state index is 12.8. The Morgan fingerprint density at radius 1 is 1.11 bits per heavy atom. The third-order valence-corrected chi connectivity index (χ3v) is 7.50. The van der Waals surface area contributed by atoms with E-state index >= 15 is 0 Å². The number of nitrogens with two attached hydrogens (primary N) is 1. The minimum absolute atomic E-state index is 0.0262. The van der Waals surface area contributed by atoms with Gasteiger partial charge >= 0.3 is 0 Å². The van der Waals surface area contributed by atoms with Crippen LogP contribution in [0.25, 0.3) is 0 Å². The average Bonchev–Trinajstić information content (AvgIpc) is 2.67. The van der Waals surface area contributed by atoms with Crippen molar-refractivity contribution in [2.75, 3.05) is 19.6 Å². The molecule has 2 fully saturated rings. The van der Waals surface area contributed by atoms with Crippen LogP contribution in [0.3, 0.4) is 0 Å². The number of nitrogens with one attached hydrogen (secondary N) is 1. The largest absolute Gasteiger partial charge is 0.350 e. The number of hydrogen-bond donors (Lipinski definition) is 2. The molecule has 1 aromatic rings. The number of primary sulfonamides is 1. The quantitative estimate of drug-likeness (QED) is 0.710. The van der Waals surface area contributed by atoms with Gasteiger partial charge in [-0.15, -0.1) is 0 Å². The standard InChI is InChI=1S/C19H28BrN3O3S/c20-17-8-7-15(27(21,25)26)13-16(17)18(24)22-14-19(9-3-1-4-10-19)23-11-5-2-6-12-23/h7-8,13H,1-6,9-12,14H2,(H,22,24)(H2,21,25,26). The van der Waals surface area contributed by atoms with E-state index in [0.717, 1.165) is 25.9 Å². The van der Waals surface area contributed by atoms with E-state index in [1.54, 1.807) is 6.07 Å². The molecule has 1 amide bonds. The summed E-state index contributed by atoms with van der Waals surface area (Å²) in [6.07, 6.45) is 9.57. The van der Waals surface area contributed by atoms with Gasteiger partial charge in [-0.25, -0.2) is 13.6 Å². The summed E-state index contributed by atoms with van der Waals surface area (Å²) in [6, 6.07) is 4.28. The number of likely N-dealkylation sites (tertiary alicyclic amines) is 1. The van der Waals surface area contributed by atoms with Gasteiger partial charge in [0.1, 0.15) is 0 Å². The highest BCUT2D eigenvalue weighted by Crippen LogP contribution is 2.35. The zero-order chi connectivity index (χ0) is 19.5. The van der Waals surface area contributed by atoms with Crippen molar-refractivity contribution in [2.24, 2.45) is 5.14 Å². The van der Waals surface area contributed by atoms with Crippen molar-refractivity contribution in [3.63, 3.8) is 0 Å². The first-order valence-electron chi connectivity index (χ1n) is 9.67. The number of amides is 1. The number of carbonyl (C=O) groups is 1. The molecule has 0 aromatic heterocycles. The molecule has 1 aromatic carbocycles. The fourth-order valence-electron chi connectivity index (χ4n) is 4.38. The summed E-state index contributed by atoms with van der Waals surface area (Å²) in [5.41, 5.74) is 0.323. The van der Waals surface area contributed by atoms with E-state index in [0.29, 0.717) is 16.6 Å². The molecular formula is C19H28BrN3O3S. The molecule has 8 heteroatoms. The summed E-state index contributed by atoms with van der Waals surface area (Å²) in [7, 11) is -3.85. The highest BCUT2D eigenvalue weighted by molar-refractivity contribution is 9.10. The van der Waals surface area contributed by atoms with Gasteiger partial charge in [-0.1, -0.05) is 25.7 Å². The molecule has 0 bridgehead atoms. The summed E-state index contributed by atoms with van der Waals surface area (Å²) in [5.74, 6) is -0.269. The van der Waals surface area contributed by atoms with Gasteiger partial charge in [0, 0.05) is 16.6 Å². The minimum Gasteiger partial charge on any atom is -0.350 e. The molecule has 0 radical (unpaired) electrons. The maximum absolute atomic E-state index is 12.8. The number of benzene rings is 1. The number of hydrogen-bond acceptors (Lipinski definition) is 4. The van der Waals surface area contributed by atoms with Gasteiger partial charge in [0.15, 0.2) is 0 Å². The fourth-order valence-corrected chi connectivity index (χ4v) is 5.34. The molecule has 3 N–H and O–H groups in total. The molecule has 27 heavy (non-hydrogen) atoms. The Morgan fingerprint density at radius 2 is 1.74 bits per heavy atom. The first-order valence-corrected chi connectivity index (χ1v) is 12.0. The van der Waals surface area contributed by atoms with Gasteiger partial charge < -0.3 is 5.32 Å². The summed E-state index contributed by atoms with van der Waals surface area (Å²) in [6.45, 7) is 2.79. The highest BCUT2D eigenvalue weighted by atomic mass is 79.9. The van der Waals surface area contributed by atoms with Crippen LogP contribution in [0.1, 0.15) is 61.7 Å². The van der Waals surface area contributed by atoms with Crippen LogP contribution in [0.2, 0.25) is 0 Å². The summed E-state index contributed by atoms with van der Waals surface area (Å²) in [4.78, 5) is 15.3. The number of nitrogens with zero attached hydrogens (tertiary/aromatic N) is 1. The van der Waals surface area contributed by atoms with Gasteiger partial charge in [-0.2, -0.15) is 0 Å². The lowest BCUT2D eigenvalue weighted by atomic mass is 9.79. The molecule has 1 saturated carbocycles. The zero-order valence-corrected chi connectivity index (χ0v) is 17.9. The van der Waals surface area contributed by atoms with E-state index in [1.165, 1.54) is 50.7 Å².